The van der Waals surface area contributed by atoms with Crippen LogP contribution in [0, 0.1) is 6.92 Å². The van der Waals surface area contributed by atoms with E-state index < -0.39 is 17.9 Å². The number of thiophene rings is 2. The maximum atomic E-state index is 12.4. The third-order valence-electron chi connectivity index (χ3n) is 3.88. The number of esters is 3. The number of aryl methyl sites for hydroxylation is 2. The van der Waals surface area contributed by atoms with Crippen molar-refractivity contribution in [2.45, 2.75) is 33.3 Å². The molecule has 2 aromatic heterocycles. The van der Waals surface area contributed by atoms with Gasteiger partial charge in [-0.3, -0.25) is 0 Å². The van der Waals surface area contributed by atoms with Crippen LogP contribution in [0.1, 0.15) is 59.0 Å². The van der Waals surface area contributed by atoms with Gasteiger partial charge in [-0.2, -0.15) is 0 Å². The standard InChI is InChI=1S/C18H21NO6S2/c1-5-6-10-7-12(26-9(10)2)16(20)25-8-11-13(17(21)23-3)15(19)27-14(11)18(22)24-4/h7H,5-6,8,19H2,1-4H3. The number of carbonyl (C=O) groups is 3. The van der Waals surface area contributed by atoms with Gasteiger partial charge in [0.15, 0.2) is 0 Å². The largest absolute Gasteiger partial charge is 0.465 e. The van der Waals surface area contributed by atoms with Gasteiger partial charge in [0.05, 0.1) is 14.2 Å². The highest BCUT2D eigenvalue weighted by Crippen LogP contribution is 2.33. The molecule has 27 heavy (non-hydrogen) atoms. The van der Waals surface area contributed by atoms with E-state index in [1.165, 1.54) is 25.6 Å². The molecule has 0 aliphatic rings. The van der Waals surface area contributed by atoms with Gasteiger partial charge in [0.25, 0.3) is 0 Å². The number of ether oxygens (including phenoxy) is 3. The molecule has 0 saturated carbocycles. The molecule has 0 spiro atoms. The van der Waals surface area contributed by atoms with Crippen molar-refractivity contribution in [2.75, 3.05) is 20.0 Å². The van der Waals surface area contributed by atoms with E-state index in [1.54, 1.807) is 0 Å². The van der Waals surface area contributed by atoms with Gasteiger partial charge in [-0.25, -0.2) is 14.4 Å². The van der Waals surface area contributed by atoms with Gasteiger partial charge in [-0.15, -0.1) is 22.7 Å². The minimum atomic E-state index is -0.706. The van der Waals surface area contributed by atoms with Crippen LogP contribution in [0.3, 0.4) is 0 Å². The van der Waals surface area contributed by atoms with E-state index in [1.807, 2.05) is 13.0 Å². The zero-order valence-corrected chi connectivity index (χ0v) is 17.2. The highest BCUT2D eigenvalue weighted by Gasteiger charge is 2.28. The van der Waals surface area contributed by atoms with Gasteiger partial charge < -0.3 is 19.9 Å². The number of methoxy groups -OCH3 is 2. The Hall–Kier alpha value is -2.39. The van der Waals surface area contributed by atoms with Gasteiger partial charge in [-0.1, -0.05) is 13.3 Å². The first kappa shape index (κ1) is 20.9. The Bertz CT molecular complexity index is 868. The number of nitrogens with two attached hydrogens (primary N) is 1. The summed E-state index contributed by atoms with van der Waals surface area (Å²) in [5, 5.41) is 0.102. The number of hydrogen-bond donors (Lipinski definition) is 1. The molecule has 9 heteroatoms. The topological polar surface area (TPSA) is 105 Å². The van der Waals surface area contributed by atoms with Gasteiger partial charge in [0.2, 0.25) is 0 Å². The van der Waals surface area contributed by atoms with Crippen molar-refractivity contribution in [3.63, 3.8) is 0 Å². The molecular weight excluding hydrogens is 390 g/mol. The lowest BCUT2D eigenvalue weighted by atomic mass is 10.1. The normalized spacial score (nSPS) is 10.5. The summed E-state index contributed by atoms with van der Waals surface area (Å²) in [5.74, 6) is -1.89. The van der Waals surface area contributed by atoms with Crippen LogP contribution in [-0.4, -0.2) is 32.1 Å². The second-order valence-corrected chi connectivity index (χ2v) is 7.96. The van der Waals surface area contributed by atoms with Crippen LogP contribution >= 0.6 is 22.7 Å². The summed E-state index contributed by atoms with van der Waals surface area (Å²) in [6.45, 7) is 3.73. The summed E-state index contributed by atoms with van der Waals surface area (Å²) in [6, 6.07) is 1.82. The average molecular weight is 412 g/mol. The Morgan fingerprint density at radius 3 is 2.33 bits per heavy atom. The van der Waals surface area contributed by atoms with E-state index in [0.717, 1.165) is 34.6 Å². The monoisotopic (exact) mass is 411 g/mol. The summed E-state index contributed by atoms with van der Waals surface area (Å²) in [4.78, 5) is 38.1. The summed E-state index contributed by atoms with van der Waals surface area (Å²) in [5.41, 5.74) is 7.17. The molecule has 7 nitrogen and oxygen atoms in total. The van der Waals surface area contributed by atoms with Crippen LogP contribution in [0.5, 0.6) is 0 Å². The lowest BCUT2D eigenvalue weighted by Crippen LogP contribution is -2.12. The fourth-order valence-corrected chi connectivity index (χ4v) is 4.50. The fourth-order valence-electron chi connectivity index (χ4n) is 2.55. The predicted molar refractivity (Wildman–Crippen MR) is 104 cm³/mol. The van der Waals surface area contributed by atoms with Gasteiger partial charge in [0.1, 0.15) is 26.9 Å². The number of nitrogen functional groups attached to an aromatic ring is 1. The van der Waals surface area contributed by atoms with Crippen LogP contribution in [0.15, 0.2) is 6.07 Å². The molecule has 0 aromatic carbocycles. The number of anilines is 1. The smallest absolute Gasteiger partial charge is 0.348 e. The Labute approximate surface area is 165 Å². The maximum Gasteiger partial charge on any atom is 0.348 e. The third kappa shape index (κ3) is 4.48. The molecule has 2 aromatic rings. The Kier molecular flexibility index (Phi) is 6.98. The van der Waals surface area contributed by atoms with E-state index in [0.29, 0.717) is 4.88 Å². The number of rotatable bonds is 7. The van der Waals surface area contributed by atoms with E-state index in [-0.39, 0.29) is 27.6 Å². The van der Waals surface area contributed by atoms with Crippen LogP contribution in [-0.2, 0) is 27.2 Å². The molecule has 0 fully saturated rings. The molecule has 0 aliphatic carbocycles. The molecule has 0 radical (unpaired) electrons. The molecule has 0 aliphatic heterocycles. The highest BCUT2D eigenvalue weighted by molar-refractivity contribution is 7.18. The van der Waals surface area contributed by atoms with Gasteiger partial charge >= 0.3 is 17.9 Å². The zero-order chi connectivity index (χ0) is 20.1. The summed E-state index contributed by atoms with van der Waals surface area (Å²) in [7, 11) is 2.42. The van der Waals surface area contributed by atoms with E-state index in [9.17, 15) is 14.4 Å². The molecular formula is C18H21NO6S2. The molecule has 146 valence electrons. The molecule has 0 unspecified atom stereocenters. The first-order valence-corrected chi connectivity index (χ1v) is 9.81. The predicted octanol–water partition coefficient (Wildman–Crippen LogP) is 3.58. The van der Waals surface area contributed by atoms with Crippen molar-refractivity contribution in [1.82, 2.24) is 0 Å². The number of hydrogen-bond acceptors (Lipinski definition) is 9. The van der Waals surface area contributed by atoms with Crippen LogP contribution in [0.25, 0.3) is 0 Å². The zero-order valence-electron chi connectivity index (χ0n) is 15.5. The molecule has 0 saturated heterocycles. The summed E-state index contributed by atoms with van der Waals surface area (Å²) in [6.07, 6.45) is 1.86. The minimum Gasteiger partial charge on any atom is -0.465 e. The lowest BCUT2D eigenvalue weighted by Gasteiger charge is -2.07. The summed E-state index contributed by atoms with van der Waals surface area (Å²) < 4.78 is 14.8. The van der Waals surface area contributed by atoms with Gasteiger partial charge in [0, 0.05) is 10.4 Å². The van der Waals surface area contributed by atoms with Gasteiger partial charge in [-0.05, 0) is 25.0 Å². The lowest BCUT2D eigenvalue weighted by molar-refractivity contribution is 0.0457. The minimum absolute atomic E-state index is 0.0183. The Morgan fingerprint density at radius 2 is 1.74 bits per heavy atom. The van der Waals surface area contributed by atoms with Crippen molar-refractivity contribution in [1.29, 1.82) is 0 Å². The molecule has 0 atom stereocenters. The first-order chi connectivity index (χ1) is 12.8. The van der Waals surface area contributed by atoms with Crippen LogP contribution in [0.2, 0.25) is 0 Å². The second kappa shape index (κ2) is 9.01. The molecule has 2 N–H and O–H groups in total. The van der Waals surface area contributed by atoms with Crippen molar-refractivity contribution >= 4 is 45.6 Å². The molecule has 0 amide bonds. The van der Waals surface area contributed by atoms with E-state index in [4.69, 9.17) is 19.9 Å². The number of carbonyl (C=O) groups excluding carboxylic acids is 3. The molecule has 0 bridgehead atoms. The average Bonchev–Trinajstić information content (AvgIpc) is 3.18. The quantitative estimate of drug-likeness (QED) is 0.548. The second-order valence-electron chi connectivity index (χ2n) is 5.65. The maximum absolute atomic E-state index is 12.4. The van der Waals surface area contributed by atoms with Crippen molar-refractivity contribution in [3.8, 4) is 0 Å². The Morgan fingerprint density at radius 1 is 1.07 bits per heavy atom. The van der Waals surface area contributed by atoms with Crippen LogP contribution < -0.4 is 5.73 Å². The summed E-state index contributed by atoms with van der Waals surface area (Å²) >= 11 is 2.24. The van der Waals surface area contributed by atoms with Crippen molar-refractivity contribution in [3.05, 3.63) is 37.4 Å². The van der Waals surface area contributed by atoms with Crippen molar-refractivity contribution in [2.24, 2.45) is 0 Å². The molecule has 2 heterocycles. The molecule has 2 rings (SSSR count). The van der Waals surface area contributed by atoms with Crippen LogP contribution in [0.4, 0.5) is 5.00 Å². The Balaban J connectivity index is 2.28. The first-order valence-electron chi connectivity index (χ1n) is 8.18. The van der Waals surface area contributed by atoms with E-state index in [2.05, 4.69) is 6.92 Å². The van der Waals surface area contributed by atoms with Crippen molar-refractivity contribution < 1.29 is 28.6 Å². The highest BCUT2D eigenvalue weighted by atomic mass is 32.1. The SMILES string of the molecule is CCCc1cc(C(=O)OCc2c(C(=O)OC)sc(N)c2C(=O)OC)sc1C. The third-order valence-corrected chi connectivity index (χ3v) is 6.00. The van der Waals surface area contributed by atoms with E-state index >= 15 is 0 Å². The fraction of sp³-hybridized carbons (Fsp3) is 0.389.